The van der Waals surface area contributed by atoms with Gasteiger partial charge in [0.05, 0.1) is 11.0 Å². The highest BCUT2D eigenvalue weighted by Crippen LogP contribution is 2.75. The molecule has 1 N–H and O–H groups in total. The van der Waals surface area contributed by atoms with Crippen molar-refractivity contribution < 1.29 is 5.11 Å². The minimum absolute atomic E-state index is 0.0463. The van der Waals surface area contributed by atoms with Gasteiger partial charge in [-0.1, -0.05) is 139 Å². The van der Waals surface area contributed by atoms with Gasteiger partial charge in [0.15, 0.2) is 0 Å². The minimum atomic E-state index is -0.947. The monoisotopic (exact) mass is 454 g/mol. The van der Waals surface area contributed by atoms with Crippen LogP contribution in [0.1, 0.15) is 78.5 Å². The molecule has 3 aromatic rings. The van der Waals surface area contributed by atoms with E-state index in [4.69, 9.17) is 0 Å². The lowest BCUT2D eigenvalue weighted by Gasteiger charge is -2.74. The van der Waals surface area contributed by atoms with Crippen molar-refractivity contribution in [2.45, 2.75) is 72.8 Å². The van der Waals surface area contributed by atoms with E-state index in [0.29, 0.717) is 0 Å². The molecule has 1 heteroatoms. The molecule has 0 saturated heterocycles. The maximum atomic E-state index is 12.7. The van der Waals surface area contributed by atoms with Gasteiger partial charge in [-0.25, -0.2) is 0 Å². The Balaban J connectivity index is 2.26. The zero-order valence-electron chi connectivity index (χ0n) is 22.3. The largest absolute Gasteiger partial charge is 0.390 e. The van der Waals surface area contributed by atoms with E-state index in [9.17, 15) is 5.11 Å². The fourth-order valence-electron chi connectivity index (χ4n) is 7.71. The third-order valence-corrected chi connectivity index (χ3v) is 10.7. The average Bonchev–Trinajstić information content (AvgIpc) is 2.80. The van der Waals surface area contributed by atoms with Crippen LogP contribution < -0.4 is 0 Å². The Morgan fingerprint density at radius 2 is 0.853 bits per heavy atom. The average molecular weight is 455 g/mol. The zero-order valence-corrected chi connectivity index (χ0v) is 22.3. The van der Waals surface area contributed by atoms with Crippen LogP contribution in [-0.2, 0) is 5.41 Å². The fourth-order valence-corrected chi connectivity index (χ4v) is 7.71. The van der Waals surface area contributed by atoms with Crippen LogP contribution in [0.25, 0.3) is 0 Å². The third kappa shape index (κ3) is 2.95. The summed E-state index contributed by atoms with van der Waals surface area (Å²) in [6.45, 7) is 18.7. The zero-order chi connectivity index (χ0) is 25.0. The Morgan fingerprint density at radius 1 is 0.529 bits per heavy atom. The SMILES string of the molecule is CC1(C)CC(C)(O)C(C)(C(c2ccccc2)(c2ccccc2)c2ccccc2)C(C)(C)C1(C)C. The molecular weight excluding hydrogens is 412 g/mol. The molecule has 3 aromatic carbocycles. The van der Waals surface area contributed by atoms with E-state index in [1.165, 1.54) is 16.7 Å². The number of hydrogen-bond donors (Lipinski definition) is 1. The molecule has 2 unspecified atom stereocenters. The molecule has 1 nitrogen and oxygen atoms in total. The first-order chi connectivity index (χ1) is 15.8. The summed E-state index contributed by atoms with van der Waals surface area (Å²) in [6.07, 6.45) is 0.723. The van der Waals surface area contributed by atoms with Gasteiger partial charge in [0.2, 0.25) is 0 Å². The van der Waals surface area contributed by atoms with Gasteiger partial charge in [-0.2, -0.15) is 0 Å². The van der Waals surface area contributed by atoms with Gasteiger partial charge in [0.1, 0.15) is 0 Å². The summed E-state index contributed by atoms with van der Waals surface area (Å²) in [5.74, 6) is 0. The van der Waals surface area contributed by atoms with Gasteiger partial charge in [0, 0.05) is 5.41 Å². The first-order valence-electron chi connectivity index (χ1n) is 12.7. The lowest BCUT2D eigenvalue weighted by molar-refractivity contribution is -0.270. The molecule has 0 aliphatic heterocycles. The molecule has 1 saturated carbocycles. The van der Waals surface area contributed by atoms with Crippen molar-refractivity contribution in [1.82, 2.24) is 0 Å². The van der Waals surface area contributed by atoms with Crippen molar-refractivity contribution in [1.29, 1.82) is 0 Å². The van der Waals surface area contributed by atoms with Gasteiger partial charge >= 0.3 is 0 Å². The van der Waals surface area contributed by atoms with E-state index in [1.807, 2.05) is 0 Å². The molecule has 4 rings (SSSR count). The number of aliphatic hydroxyl groups is 1. The molecule has 0 aromatic heterocycles. The predicted octanol–water partition coefficient (Wildman–Crippen LogP) is 8.26. The summed E-state index contributed by atoms with van der Waals surface area (Å²) in [5, 5.41) is 12.7. The Hall–Kier alpha value is -2.38. The lowest BCUT2D eigenvalue weighted by Crippen LogP contribution is -2.74. The van der Waals surface area contributed by atoms with Crippen LogP contribution in [-0.4, -0.2) is 10.7 Å². The highest BCUT2D eigenvalue weighted by atomic mass is 16.3. The van der Waals surface area contributed by atoms with Crippen molar-refractivity contribution in [2.24, 2.45) is 21.7 Å². The second-order valence-electron chi connectivity index (χ2n) is 12.6. The summed E-state index contributed by atoms with van der Waals surface area (Å²) in [6, 6.07) is 32.6. The van der Waals surface area contributed by atoms with E-state index >= 15 is 0 Å². The number of rotatable bonds is 4. The van der Waals surface area contributed by atoms with Crippen LogP contribution in [0, 0.1) is 21.7 Å². The van der Waals surface area contributed by atoms with Crippen molar-refractivity contribution in [2.75, 3.05) is 0 Å². The van der Waals surface area contributed by atoms with E-state index in [0.717, 1.165) is 6.42 Å². The highest BCUT2D eigenvalue weighted by molar-refractivity contribution is 5.55. The quantitative estimate of drug-likeness (QED) is 0.393. The van der Waals surface area contributed by atoms with Crippen LogP contribution >= 0.6 is 0 Å². The van der Waals surface area contributed by atoms with Crippen LogP contribution in [0.2, 0.25) is 0 Å². The van der Waals surface area contributed by atoms with Crippen LogP contribution in [0.3, 0.4) is 0 Å². The van der Waals surface area contributed by atoms with E-state index in [-0.39, 0.29) is 16.2 Å². The smallest absolute Gasteiger partial charge is 0.0698 e. The maximum absolute atomic E-state index is 12.7. The van der Waals surface area contributed by atoms with Gasteiger partial charge in [-0.15, -0.1) is 0 Å². The topological polar surface area (TPSA) is 20.2 Å². The Kier molecular flexibility index (Phi) is 5.69. The summed E-state index contributed by atoms with van der Waals surface area (Å²) in [7, 11) is 0. The Bertz CT molecular complexity index is 1030. The van der Waals surface area contributed by atoms with E-state index in [2.05, 4.69) is 146 Å². The van der Waals surface area contributed by atoms with Gasteiger partial charge in [-0.3, -0.25) is 0 Å². The number of benzene rings is 3. The third-order valence-electron chi connectivity index (χ3n) is 10.7. The molecule has 34 heavy (non-hydrogen) atoms. The first-order valence-corrected chi connectivity index (χ1v) is 12.7. The standard InChI is InChI=1S/C33H42O/c1-28(2)24-31(7,34)32(8,30(5,6)29(28,3)4)33(25-18-12-9-13-19-25,26-20-14-10-15-21-26)27-22-16-11-17-23-27/h9-23,34H,24H2,1-8H3. The van der Waals surface area contributed by atoms with Gasteiger partial charge in [-0.05, 0) is 46.3 Å². The molecule has 1 fully saturated rings. The predicted molar refractivity (Wildman–Crippen MR) is 144 cm³/mol. The minimum Gasteiger partial charge on any atom is -0.390 e. The van der Waals surface area contributed by atoms with Crippen molar-refractivity contribution in [3.05, 3.63) is 108 Å². The summed E-state index contributed by atoms with van der Waals surface area (Å²) in [4.78, 5) is 0. The molecule has 1 aliphatic rings. The second kappa shape index (κ2) is 7.82. The molecule has 2 atom stereocenters. The summed E-state index contributed by atoms with van der Waals surface area (Å²) >= 11 is 0. The molecule has 180 valence electrons. The van der Waals surface area contributed by atoms with Crippen LogP contribution in [0.4, 0.5) is 0 Å². The number of hydrogen-bond acceptors (Lipinski definition) is 1. The van der Waals surface area contributed by atoms with Crippen molar-refractivity contribution in [3.8, 4) is 0 Å². The normalized spacial score (nSPS) is 27.8. The van der Waals surface area contributed by atoms with E-state index in [1.54, 1.807) is 0 Å². The molecule has 0 heterocycles. The second-order valence-corrected chi connectivity index (χ2v) is 12.6. The Labute approximate surface area is 207 Å². The lowest BCUT2D eigenvalue weighted by atomic mass is 9.30. The molecule has 1 aliphatic carbocycles. The highest BCUT2D eigenvalue weighted by Gasteiger charge is 2.74. The van der Waals surface area contributed by atoms with E-state index < -0.39 is 16.4 Å². The Morgan fingerprint density at radius 3 is 1.18 bits per heavy atom. The summed E-state index contributed by atoms with van der Waals surface area (Å²) in [5.41, 5.74) is 1.23. The van der Waals surface area contributed by atoms with Gasteiger partial charge < -0.3 is 5.11 Å². The van der Waals surface area contributed by atoms with Crippen LogP contribution in [0.15, 0.2) is 91.0 Å². The summed E-state index contributed by atoms with van der Waals surface area (Å²) < 4.78 is 0. The molecule has 0 amide bonds. The van der Waals surface area contributed by atoms with Gasteiger partial charge in [0.25, 0.3) is 0 Å². The molecular formula is C33H42O. The molecule has 0 bridgehead atoms. The first kappa shape index (κ1) is 24.7. The van der Waals surface area contributed by atoms with Crippen molar-refractivity contribution in [3.63, 3.8) is 0 Å². The maximum Gasteiger partial charge on any atom is 0.0698 e. The molecule has 0 spiro atoms. The fraction of sp³-hybridized carbons (Fsp3) is 0.455. The molecule has 0 radical (unpaired) electrons. The van der Waals surface area contributed by atoms with Crippen LogP contribution in [0.5, 0.6) is 0 Å². The van der Waals surface area contributed by atoms with Crippen molar-refractivity contribution >= 4 is 0 Å².